The Morgan fingerprint density at radius 1 is 1.00 bits per heavy atom. The average Bonchev–Trinajstić information content (AvgIpc) is 2.67. The summed E-state index contributed by atoms with van der Waals surface area (Å²) in [7, 11) is 0. The maximum Gasteiger partial charge on any atom is 0.308 e. The number of esters is 1. The molecular weight excluding hydrogens is 356 g/mol. The molecule has 0 saturated heterocycles. The number of benzene rings is 2. The molecule has 27 heavy (non-hydrogen) atoms. The predicted octanol–water partition coefficient (Wildman–Crippen LogP) is 2.91. The third-order valence-electron chi connectivity index (χ3n) is 3.46. The topological polar surface area (TPSA) is 72.5 Å². The highest BCUT2D eigenvalue weighted by Gasteiger charge is 2.12. The summed E-state index contributed by atoms with van der Waals surface area (Å²) < 4.78 is 30.7. The lowest BCUT2D eigenvalue weighted by Crippen LogP contribution is -2.25. The fourth-order valence-corrected chi connectivity index (χ4v) is 2.05. The van der Waals surface area contributed by atoms with Gasteiger partial charge in [0.05, 0.1) is 6.42 Å². The van der Waals surface area contributed by atoms with Gasteiger partial charge in [0.1, 0.15) is 0 Å². The van der Waals surface area contributed by atoms with Crippen molar-refractivity contribution in [2.24, 2.45) is 0 Å². The average molecular weight is 373 g/mol. The maximum absolute atomic E-state index is 13.1. The molecule has 0 saturated carbocycles. The number of carbonyl (C=O) groups excluding carboxylic acids is 3. The van der Waals surface area contributed by atoms with E-state index in [9.17, 15) is 23.2 Å². The van der Waals surface area contributed by atoms with Crippen LogP contribution >= 0.6 is 0 Å². The Balaban J connectivity index is 1.68. The van der Waals surface area contributed by atoms with Gasteiger partial charge in [0.2, 0.25) is 5.91 Å². The third kappa shape index (κ3) is 6.81. The van der Waals surface area contributed by atoms with Crippen LogP contribution in [0.15, 0.2) is 54.6 Å². The normalized spacial score (nSPS) is 10.6. The van der Waals surface area contributed by atoms with E-state index in [2.05, 4.69) is 5.32 Å². The molecule has 0 bridgehead atoms. The molecule has 7 heteroatoms. The fourth-order valence-electron chi connectivity index (χ4n) is 2.05. The van der Waals surface area contributed by atoms with Crippen molar-refractivity contribution in [1.82, 2.24) is 5.32 Å². The summed E-state index contributed by atoms with van der Waals surface area (Å²) >= 11 is 0. The summed E-state index contributed by atoms with van der Waals surface area (Å²) in [5.41, 5.74) is 0.767. The van der Waals surface area contributed by atoms with Crippen molar-refractivity contribution >= 4 is 23.7 Å². The summed E-state index contributed by atoms with van der Waals surface area (Å²) in [6.45, 7) is -0.554. The van der Waals surface area contributed by atoms with Crippen molar-refractivity contribution in [3.8, 4) is 0 Å². The van der Waals surface area contributed by atoms with Crippen LogP contribution in [0.2, 0.25) is 0 Å². The first-order valence-electron chi connectivity index (χ1n) is 8.10. The van der Waals surface area contributed by atoms with E-state index in [4.69, 9.17) is 4.74 Å². The number of hydrogen-bond donors (Lipinski definition) is 1. The third-order valence-corrected chi connectivity index (χ3v) is 3.46. The molecule has 2 aromatic carbocycles. The van der Waals surface area contributed by atoms with E-state index in [-0.39, 0.29) is 24.4 Å². The quantitative estimate of drug-likeness (QED) is 0.439. The SMILES string of the molecule is O=C(/C=C/c1ccccc1)NCCC(=O)OCC(=O)c1ccc(F)c(F)c1. The number of carbonyl (C=O) groups is 3. The Kier molecular flexibility index (Phi) is 7.37. The highest BCUT2D eigenvalue weighted by atomic mass is 19.2. The second kappa shape index (κ2) is 9.96. The van der Waals surface area contributed by atoms with Crippen LogP contribution in [0.3, 0.4) is 0 Å². The molecule has 1 N–H and O–H groups in total. The lowest BCUT2D eigenvalue weighted by Gasteiger charge is -2.05. The van der Waals surface area contributed by atoms with Crippen molar-refractivity contribution in [1.29, 1.82) is 0 Å². The van der Waals surface area contributed by atoms with E-state index in [1.807, 2.05) is 30.3 Å². The molecule has 2 aromatic rings. The van der Waals surface area contributed by atoms with Gasteiger partial charge in [0.25, 0.3) is 0 Å². The zero-order valence-electron chi connectivity index (χ0n) is 14.3. The molecule has 0 aromatic heterocycles. The van der Waals surface area contributed by atoms with E-state index < -0.39 is 30.0 Å². The Morgan fingerprint density at radius 2 is 1.74 bits per heavy atom. The molecule has 0 aliphatic carbocycles. The number of ether oxygens (including phenoxy) is 1. The number of nitrogens with one attached hydrogen (secondary N) is 1. The largest absolute Gasteiger partial charge is 0.457 e. The van der Waals surface area contributed by atoms with E-state index in [1.54, 1.807) is 6.08 Å². The molecule has 0 spiro atoms. The van der Waals surface area contributed by atoms with Gasteiger partial charge >= 0.3 is 5.97 Å². The molecule has 0 aliphatic rings. The van der Waals surface area contributed by atoms with Crippen molar-refractivity contribution in [3.05, 3.63) is 77.4 Å². The molecule has 0 fully saturated rings. The van der Waals surface area contributed by atoms with Crippen LogP contribution in [0.4, 0.5) is 8.78 Å². The summed E-state index contributed by atoms with van der Waals surface area (Å²) in [6, 6.07) is 11.9. The zero-order chi connectivity index (χ0) is 19.6. The van der Waals surface area contributed by atoms with Gasteiger partial charge in [-0.05, 0) is 29.8 Å². The zero-order valence-corrected chi connectivity index (χ0v) is 14.3. The molecule has 1 amide bonds. The lowest BCUT2D eigenvalue weighted by atomic mass is 10.1. The van der Waals surface area contributed by atoms with Crippen LogP contribution in [0.1, 0.15) is 22.3 Å². The molecule has 0 atom stereocenters. The van der Waals surface area contributed by atoms with Crippen LogP contribution in [-0.2, 0) is 14.3 Å². The van der Waals surface area contributed by atoms with Crippen LogP contribution in [0.25, 0.3) is 6.08 Å². The van der Waals surface area contributed by atoms with Gasteiger partial charge in [-0.2, -0.15) is 0 Å². The predicted molar refractivity (Wildman–Crippen MR) is 94.8 cm³/mol. The molecule has 0 radical (unpaired) electrons. The summed E-state index contributed by atoms with van der Waals surface area (Å²) in [5.74, 6) is -3.95. The minimum absolute atomic E-state index is 0.0379. The number of halogens is 2. The molecule has 0 aliphatic heterocycles. The lowest BCUT2D eigenvalue weighted by molar-refractivity contribution is -0.142. The molecule has 0 unspecified atom stereocenters. The summed E-state index contributed by atoms with van der Waals surface area (Å²) in [4.78, 5) is 35.0. The van der Waals surface area contributed by atoms with Crippen LogP contribution < -0.4 is 5.32 Å². The van der Waals surface area contributed by atoms with Gasteiger partial charge in [-0.3, -0.25) is 14.4 Å². The van der Waals surface area contributed by atoms with Crippen molar-refractivity contribution in [2.45, 2.75) is 6.42 Å². The Morgan fingerprint density at radius 3 is 2.44 bits per heavy atom. The van der Waals surface area contributed by atoms with Crippen molar-refractivity contribution in [3.63, 3.8) is 0 Å². The van der Waals surface area contributed by atoms with Crippen LogP contribution in [0.5, 0.6) is 0 Å². The van der Waals surface area contributed by atoms with Gasteiger partial charge < -0.3 is 10.1 Å². The summed E-state index contributed by atoms with van der Waals surface area (Å²) in [6.07, 6.45) is 2.84. The second-order valence-electron chi connectivity index (χ2n) is 5.50. The van der Waals surface area contributed by atoms with E-state index in [0.717, 1.165) is 23.8 Å². The number of amides is 1. The second-order valence-corrected chi connectivity index (χ2v) is 5.50. The van der Waals surface area contributed by atoms with Gasteiger partial charge in [0.15, 0.2) is 24.0 Å². The maximum atomic E-state index is 13.1. The first kappa shape index (κ1) is 20.0. The smallest absolute Gasteiger partial charge is 0.308 e. The highest BCUT2D eigenvalue weighted by Crippen LogP contribution is 2.09. The monoisotopic (exact) mass is 373 g/mol. The molecule has 140 valence electrons. The van der Waals surface area contributed by atoms with Gasteiger partial charge in [0, 0.05) is 18.2 Å². The molecule has 0 heterocycles. The van der Waals surface area contributed by atoms with Crippen LogP contribution in [0, 0.1) is 11.6 Å². The van der Waals surface area contributed by atoms with E-state index in [1.165, 1.54) is 6.08 Å². The van der Waals surface area contributed by atoms with Crippen molar-refractivity contribution in [2.75, 3.05) is 13.2 Å². The summed E-state index contributed by atoms with van der Waals surface area (Å²) in [5, 5.41) is 2.51. The first-order chi connectivity index (χ1) is 13.0. The molecule has 2 rings (SSSR count). The van der Waals surface area contributed by atoms with Crippen molar-refractivity contribution < 1.29 is 27.9 Å². The van der Waals surface area contributed by atoms with Crippen LogP contribution in [-0.4, -0.2) is 30.8 Å². The number of ketones is 1. The first-order valence-corrected chi connectivity index (χ1v) is 8.10. The Labute approximate surface area is 154 Å². The minimum Gasteiger partial charge on any atom is -0.457 e. The van der Waals surface area contributed by atoms with Gasteiger partial charge in [-0.25, -0.2) is 8.78 Å². The fraction of sp³-hybridized carbons (Fsp3) is 0.150. The Hall–Kier alpha value is -3.35. The Bertz CT molecular complexity index is 850. The molecule has 5 nitrogen and oxygen atoms in total. The van der Waals surface area contributed by atoms with Gasteiger partial charge in [-0.15, -0.1) is 0 Å². The number of hydrogen-bond acceptors (Lipinski definition) is 4. The molecular formula is C20H17F2NO4. The van der Waals surface area contributed by atoms with Gasteiger partial charge in [-0.1, -0.05) is 30.3 Å². The highest BCUT2D eigenvalue weighted by molar-refractivity contribution is 5.98. The standard InChI is InChI=1S/C20H17F2NO4/c21-16-8-7-15(12-17(16)22)18(24)13-27-20(26)10-11-23-19(25)9-6-14-4-2-1-3-5-14/h1-9,12H,10-11,13H2,(H,23,25)/b9-6+. The van der Waals surface area contributed by atoms with E-state index in [0.29, 0.717) is 0 Å². The number of rotatable bonds is 8. The van der Waals surface area contributed by atoms with E-state index >= 15 is 0 Å². The number of Topliss-reactive ketones (excluding diaryl/α,β-unsaturated/α-hetero) is 1. The minimum atomic E-state index is -1.15.